The van der Waals surface area contributed by atoms with E-state index in [1.165, 1.54) is 17.2 Å². The third kappa shape index (κ3) is 2.58. The van der Waals surface area contributed by atoms with Crippen molar-refractivity contribution in [2.45, 2.75) is 51.6 Å². The third-order valence-electron chi connectivity index (χ3n) is 6.40. The van der Waals surface area contributed by atoms with Crippen molar-refractivity contribution in [3.63, 3.8) is 0 Å². The number of carboxylic acid groups (broad SMARTS) is 1. The minimum Gasteiger partial charge on any atom is -0.478 e. The summed E-state index contributed by atoms with van der Waals surface area (Å²) in [4.78, 5) is 11.5. The lowest BCUT2D eigenvalue weighted by Gasteiger charge is -2.32. The quantitative estimate of drug-likeness (QED) is 0.855. The number of hydrogen-bond donors (Lipinski definition) is 2. The summed E-state index contributed by atoms with van der Waals surface area (Å²) in [6.07, 6.45) is -0.951. The van der Waals surface area contributed by atoms with Gasteiger partial charge in [-0.05, 0) is 45.1 Å². The van der Waals surface area contributed by atoms with Gasteiger partial charge in [0.05, 0.1) is 5.56 Å². The first kappa shape index (κ1) is 17.7. The summed E-state index contributed by atoms with van der Waals surface area (Å²) in [5.74, 6) is -0.556. The molecule has 2 atom stereocenters. The summed E-state index contributed by atoms with van der Waals surface area (Å²) >= 11 is 0. The Hall–Kier alpha value is -2.13. The van der Waals surface area contributed by atoms with E-state index in [0.29, 0.717) is 11.5 Å². The van der Waals surface area contributed by atoms with Gasteiger partial charge in [-0.2, -0.15) is 0 Å². The summed E-state index contributed by atoms with van der Waals surface area (Å²) < 4.78 is 0. The molecule has 0 bridgehead atoms. The predicted octanol–water partition coefficient (Wildman–Crippen LogP) is 4.67. The van der Waals surface area contributed by atoms with Crippen molar-refractivity contribution in [1.82, 2.24) is 0 Å². The van der Waals surface area contributed by atoms with Crippen LogP contribution in [-0.4, -0.2) is 16.2 Å². The van der Waals surface area contributed by atoms with Gasteiger partial charge in [0.1, 0.15) is 6.10 Å². The molecule has 0 saturated carbocycles. The van der Waals surface area contributed by atoms with Gasteiger partial charge in [-0.3, -0.25) is 0 Å². The highest BCUT2D eigenvalue weighted by molar-refractivity contribution is 5.89. The summed E-state index contributed by atoms with van der Waals surface area (Å²) in [6.45, 7) is 11.3. The fourth-order valence-electron chi connectivity index (χ4n) is 4.31. The van der Waals surface area contributed by atoms with Gasteiger partial charge in [0.25, 0.3) is 0 Å². The Bertz CT molecular complexity index is 833. The molecule has 25 heavy (non-hydrogen) atoms. The van der Waals surface area contributed by atoms with Crippen LogP contribution in [0.4, 0.5) is 0 Å². The van der Waals surface area contributed by atoms with Crippen LogP contribution in [0.3, 0.4) is 0 Å². The smallest absolute Gasteiger partial charge is 0.336 e. The van der Waals surface area contributed by atoms with Crippen molar-refractivity contribution in [2.24, 2.45) is 5.92 Å². The zero-order chi connectivity index (χ0) is 18.6. The van der Waals surface area contributed by atoms with E-state index in [1.54, 1.807) is 18.2 Å². The number of carboxylic acids is 1. The monoisotopic (exact) mass is 338 g/mol. The highest BCUT2D eigenvalue weighted by Gasteiger charge is 2.48. The van der Waals surface area contributed by atoms with Crippen molar-refractivity contribution >= 4 is 5.97 Å². The van der Waals surface area contributed by atoms with Crippen molar-refractivity contribution in [1.29, 1.82) is 0 Å². The average molecular weight is 338 g/mol. The first-order valence-corrected chi connectivity index (χ1v) is 8.73. The summed E-state index contributed by atoms with van der Waals surface area (Å²) in [7, 11) is 0. The largest absolute Gasteiger partial charge is 0.478 e. The Labute approximate surface area is 149 Å². The number of aromatic carboxylic acids is 1. The molecule has 3 rings (SSSR count). The summed E-state index contributed by atoms with van der Waals surface area (Å²) in [6, 6.07) is 12.7. The number of hydrogen-bond acceptors (Lipinski definition) is 2. The molecule has 0 aromatic heterocycles. The molecule has 0 fully saturated rings. The van der Waals surface area contributed by atoms with E-state index in [1.807, 2.05) is 6.07 Å². The van der Waals surface area contributed by atoms with Crippen LogP contribution in [0.5, 0.6) is 0 Å². The van der Waals surface area contributed by atoms with Gasteiger partial charge in [-0.25, -0.2) is 4.79 Å². The Morgan fingerprint density at radius 2 is 1.60 bits per heavy atom. The SMILES string of the molecule is CC1C(C)(C)c2ccc(C(O)c3ccccc3C(=O)O)cc2C1(C)C. The second kappa shape index (κ2) is 5.70. The number of rotatable bonds is 3. The molecule has 0 amide bonds. The average Bonchev–Trinajstić information content (AvgIpc) is 2.72. The molecule has 2 aromatic rings. The van der Waals surface area contributed by atoms with Gasteiger partial charge in [0.2, 0.25) is 0 Å². The number of aliphatic hydroxyl groups is 1. The predicted molar refractivity (Wildman–Crippen MR) is 99.1 cm³/mol. The van der Waals surface area contributed by atoms with E-state index in [0.717, 1.165) is 5.56 Å². The van der Waals surface area contributed by atoms with Crippen LogP contribution in [0.1, 0.15) is 73.3 Å². The zero-order valence-electron chi connectivity index (χ0n) is 15.5. The van der Waals surface area contributed by atoms with Crippen molar-refractivity contribution in [3.8, 4) is 0 Å². The van der Waals surface area contributed by atoms with Crippen LogP contribution >= 0.6 is 0 Å². The van der Waals surface area contributed by atoms with E-state index in [9.17, 15) is 15.0 Å². The molecule has 0 aliphatic heterocycles. The Morgan fingerprint density at radius 3 is 2.24 bits per heavy atom. The van der Waals surface area contributed by atoms with Gasteiger partial charge in [0.15, 0.2) is 0 Å². The van der Waals surface area contributed by atoms with E-state index in [-0.39, 0.29) is 16.4 Å². The van der Waals surface area contributed by atoms with Crippen LogP contribution in [0.25, 0.3) is 0 Å². The molecule has 0 spiro atoms. The maximum absolute atomic E-state index is 11.5. The van der Waals surface area contributed by atoms with Crippen molar-refractivity contribution in [2.75, 3.05) is 0 Å². The molecule has 2 unspecified atom stereocenters. The fourth-order valence-corrected chi connectivity index (χ4v) is 4.31. The molecule has 132 valence electrons. The first-order valence-electron chi connectivity index (χ1n) is 8.73. The number of fused-ring (bicyclic) bond motifs is 1. The molecule has 1 aliphatic rings. The molecule has 0 radical (unpaired) electrons. The standard InChI is InChI=1S/C22H26O3/c1-13-21(2,3)17-11-10-14(12-18(17)22(13,4)5)19(23)15-8-6-7-9-16(15)20(24)25/h6-13,19,23H,1-5H3,(H,24,25). The Morgan fingerprint density at radius 1 is 1.00 bits per heavy atom. The maximum atomic E-state index is 11.5. The van der Waals surface area contributed by atoms with Gasteiger partial charge in [-0.15, -0.1) is 0 Å². The Kier molecular flexibility index (Phi) is 4.03. The molecular weight excluding hydrogens is 312 g/mol. The lowest BCUT2D eigenvalue weighted by Crippen LogP contribution is -2.30. The zero-order valence-corrected chi connectivity index (χ0v) is 15.5. The minimum absolute atomic E-state index is 0.000872. The van der Waals surface area contributed by atoms with Gasteiger partial charge >= 0.3 is 5.97 Å². The van der Waals surface area contributed by atoms with Crippen molar-refractivity contribution in [3.05, 3.63) is 70.3 Å². The van der Waals surface area contributed by atoms with Crippen molar-refractivity contribution < 1.29 is 15.0 Å². The normalized spacial score (nSPS) is 21.6. The lowest BCUT2D eigenvalue weighted by atomic mass is 9.71. The summed E-state index contributed by atoms with van der Waals surface area (Å²) in [5, 5.41) is 20.2. The summed E-state index contributed by atoms with van der Waals surface area (Å²) in [5.41, 5.74) is 3.94. The molecule has 3 heteroatoms. The number of carbonyl (C=O) groups is 1. The maximum Gasteiger partial charge on any atom is 0.336 e. The van der Waals surface area contributed by atoms with Crippen LogP contribution in [0.2, 0.25) is 0 Å². The third-order valence-corrected chi connectivity index (χ3v) is 6.40. The highest BCUT2D eigenvalue weighted by Crippen LogP contribution is 2.54. The molecule has 0 saturated heterocycles. The van der Waals surface area contributed by atoms with E-state index < -0.39 is 12.1 Å². The van der Waals surface area contributed by atoms with E-state index >= 15 is 0 Å². The van der Waals surface area contributed by atoms with Crippen LogP contribution in [0.15, 0.2) is 42.5 Å². The second-order valence-corrected chi connectivity index (χ2v) is 8.27. The van der Waals surface area contributed by atoms with E-state index in [4.69, 9.17) is 0 Å². The van der Waals surface area contributed by atoms with Gasteiger partial charge in [0, 0.05) is 0 Å². The second-order valence-electron chi connectivity index (χ2n) is 8.27. The lowest BCUT2D eigenvalue weighted by molar-refractivity contribution is 0.0691. The molecule has 2 aromatic carbocycles. The molecule has 2 N–H and O–H groups in total. The van der Waals surface area contributed by atoms with Crippen LogP contribution in [0, 0.1) is 5.92 Å². The topological polar surface area (TPSA) is 57.5 Å². The van der Waals surface area contributed by atoms with Gasteiger partial charge < -0.3 is 10.2 Å². The fraction of sp³-hybridized carbons (Fsp3) is 0.409. The van der Waals surface area contributed by atoms with Crippen LogP contribution < -0.4 is 0 Å². The van der Waals surface area contributed by atoms with E-state index in [2.05, 4.69) is 46.8 Å². The number of benzene rings is 2. The Balaban J connectivity index is 2.11. The minimum atomic E-state index is -1.02. The van der Waals surface area contributed by atoms with Gasteiger partial charge in [-0.1, -0.05) is 71.0 Å². The molecular formula is C22H26O3. The first-order chi connectivity index (χ1) is 11.6. The molecule has 0 heterocycles. The number of aliphatic hydroxyl groups excluding tert-OH is 1. The molecule has 3 nitrogen and oxygen atoms in total. The van der Waals surface area contributed by atoms with Crippen LogP contribution in [-0.2, 0) is 10.8 Å². The molecule has 1 aliphatic carbocycles. The highest BCUT2D eigenvalue weighted by atomic mass is 16.4.